The van der Waals surface area contributed by atoms with E-state index in [9.17, 15) is 9.90 Å². The molecular formula is C16H19NO3. The number of aliphatic hydroxyl groups excluding tert-OH is 1. The average Bonchev–Trinajstić information content (AvgIpc) is 2.45. The zero-order valence-corrected chi connectivity index (χ0v) is 11.7. The lowest BCUT2D eigenvalue weighted by Crippen LogP contribution is -2.37. The van der Waals surface area contributed by atoms with E-state index in [-0.39, 0.29) is 18.6 Å². The van der Waals surface area contributed by atoms with Gasteiger partial charge in [0.25, 0.3) is 0 Å². The number of methoxy groups -OCH3 is 1. The molecule has 0 radical (unpaired) electrons. The Kier molecular flexibility index (Phi) is 4.58. The first kappa shape index (κ1) is 14.3. The van der Waals surface area contributed by atoms with Gasteiger partial charge in [-0.25, -0.2) is 0 Å². The summed E-state index contributed by atoms with van der Waals surface area (Å²) in [6.45, 7) is 1.37. The fourth-order valence-corrected chi connectivity index (χ4v) is 2.34. The molecule has 0 bridgehead atoms. The fraction of sp³-hybridized carbons (Fsp3) is 0.312. The number of hydrogen-bond acceptors (Lipinski definition) is 3. The summed E-state index contributed by atoms with van der Waals surface area (Å²) < 4.78 is 5.25. The summed E-state index contributed by atoms with van der Waals surface area (Å²) >= 11 is 0. The summed E-state index contributed by atoms with van der Waals surface area (Å²) in [5.74, 6) is 0.659. The third-order valence-electron chi connectivity index (χ3n) is 3.27. The maximum atomic E-state index is 11.1. The quantitative estimate of drug-likeness (QED) is 0.874. The third kappa shape index (κ3) is 3.27. The van der Waals surface area contributed by atoms with Crippen LogP contribution >= 0.6 is 0 Å². The van der Waals surface area contributed by atoms with Crippen molar-refractivity contribution < 1.29 is 14.6 Å². The molecule has 2 rings (SSSR count). The molecule has 0 saturated carbocycles. The molecule has 0 saturated heterocycles. The van der Waals surface area contributed by atoms with Crippen molar-refractivity contribution in [2.75, 3.05) is 13.7 Å². The number of carbonyl (C=O) groups excluding carboxylic acids is 1. The Labute approximate surface area is 118 Å². The molecule has 1 amide bonds. The molecule has 106 valence electrons. The molecule has 0 aromatic heterocycles. The number of nitrogens with one attached hydrogen (secondary N) is 1. The zero-order chi connectivity index (χ0) is 14.5. The molecule has 0 aliphatic carbocycles. The average molecular weight is 273 g/mol. The summed E-state index contributed by atoms with van der Waals surface area (Å²) in [5.41, 5.74) is 1.08. The minimum absolute atomic E-state index is 0.0834. The van der Waals surface area contributed by atoms with E-state index in [1.54, 1.807) is 7.11 Å². The second kappa shape index (κ2) is 6.39. The van der Waals surface area contributed by atoms with Crippen molar-refractivity contribution in [3.05, 3.63) is 42.0 Å². The molecule has 4 heteroatoms. The SMILES string of the molecule is COc1ccc2cccc(CC(CO)NC(C)=O)c2c1. The molecule has 0 heterocycles. The van der Waals surface area contributed by atoms with Crippen LogP contribution in [0.4, 0.5) is 0 Å². The van der Waals surface area contributed by atoms with Gasteiger partial charge in [-0.3, -0.25) is 4.79 Å². The molecule has 1 unspecified atom stereocenters. The van der Waals surface area contributed by atoms with Crippen LogP contribution in [0.25, 0.3) is 10.8 Å². The summed E-state index contributed by atoms with van der Waals surface area (Å²) in [7, 11) is 1.64. The first-order valence-electron chi connectivity index (χ1n) is 6.57. The van der Waals surface area contributed by atoms with Crippen molar-refractivity contribution >= 4 is 16.7 Å². The molecule has 0 aliphatic rings. The Morgan fingerprint density at radius 2 is 2.15 bits per heavy atom. The molecule has 1 atom stereocenters. The van der Waals surface area contributed by atoms with Gasteiger partial charge in [0.15, 0.2) is 0 Å². The van der Waals surface area contributed by atoms with Gasteiger partial charge < -0.3 is 15.2 Å². The zero-order valence-electron chi connectivity index (χ0n) is 11.7. The summed E-state index contributed by atoms with van der Waals surface area (Å²) in [5, 5.41) is 14.3. The standard InChI is InChI=1S/C16H19NO3/c1-11(19)17-14(10-18)8-13-5-3-4-12-6-7-15(20-2)9-16(12)13/h3-7,9,14,18H,8,10H2,1-2H3,(H,17,19). The van der Waals surface area contributed by atoms with E-state index >= 15 is 0 Å². The van der Waals surface area contributed by atoms with Gasteiger partial charge >= 0.3 is 0 Å². The van der Waals surface area contributed by atoms with E-state index in [2.05, 4.69) is 5.32 Å². The Hall–Kier alpha value is -2.07. The van der Waals surface area contributed by atoms with E-state index in [0.717, 1.165) is 22.1 Å². The minimum Gasteiger partial charge on any atom is -0.497 e. The van der Waals surface area contributed by atoms with Crippen molar-refractivity contribution in [2.24, 2.45) is 0 Å². The highest BCUT2D eigenvalue weighted by Gasteiger charge is 2.12. The first-order chi connectivity index (χ1) is 9.63. The molecule has 2 aromatic rings. The van der Waals surface area contributed by atoms with Gasteiger partial charge in [-0.2, -0.15) is 0 Å². The van der Waals surface area contributed by atoms with Gasteiger partial charge in [-0.1, -0.05) is 24.3 Å². The topological polar surface area (TPSA) is 58.6 Å². The maximum Gasteiger partial charge on any atom is 0.217 e. The van der Waals surface area contributed by atoms with Crippen LogP contribution in [-0.2, 0) is 11.2 Å². The summed E-state index contributed by atoms with van der Waals surface area (Å²) in [4.78, 5) is 11.1. The Morgan fingerprint density at radius 3 is 2.80 bits per heavy atom. The largest absolute Gasteiger partial charge is 0.497 e. The van der Waals surface area contributed by atoms with Gasteiger partial charge in [-0.15, -0.1) is 0 Å². The lowest BCUT2D eigenvalue weighted by Gasteiger charge is -2.16. The van der Waals surface area contributed by atoms with Crippen LogP contribution in [0.1, 0.15) is 12.5 Å². The Morgan fingerprint density at radius 1 is 1.35 bits per heavy atom. The predicted octanol–water partition coefficient (Wildman–Crippen LogP) is 1.89. The van der Waals surface area contributed by atoms with Gasteiger partial charge in [0.1, 0.15) is 5.75 Å². The van der Waals surface area contributed by atoms with Crippen LogP contribution in [-0.4, -0.2) is 30.8 Å². The first-order valence-corrected chi connectivity index (χ1v) is 6.57. The second-order valence-corrected chi connectivity index (χ2v) is 4.79. The van der Waals surface area contributed by atoms with Crippen LogP contribution in [0, 0.1) is 0 Å². The van der Waals surface area contributed by atoms with E-state index in [1.165, 1.54) is 6.92 Å². The highest BCUT2D eigenvalue weighted by atomic mass is 16.5. The van der Waals surface area contributed by atoms with Crippen LogP contribution in [0.15, 0.2) is 36.4 Å². The van der Waals surface area contributed by atoms with Crippen molar-refractivity contribution in [1.82, 2.24) is 5.32 Å². The number of hydrogen-bond donors (Lipinski definition) is 2. The summed E-state index contributed by atoms with van der Waals surface area (Å²) in [6, 6.07) is 11.6. The maximum absolute atomic E-state index is 11.1. The normalized spacial score (nSPS) is 12.2. The van der Waals surface area contributed by atoms with E-state index < -0.39 is 0 Å². The van der Waals surface area contributed by atoms with E-state index in [0.29, 0.717) is 6.42 Å². The van der Waals surface area contributed by atoms with Gasteiger partial charge in [0.2, 0.25) is 5.91 Å². The number of aliphatic hydroxyl groups is 1. The van der Waals surface area contributed by atoms with Gasteiger partial charge in [-0.05, 0) is 34.9 Å². The van der Waals surface area contributed by atoms with Crippen molar-refractivity contribution in [3.63, 3.8) is 0 Å². The highest BCUT2D eigenvalue weighted by Crippen LogP contribution is 2.24. The Bertz CT molecular complexity index is 610. The lowest BCUT2D eigenvalue weighted by atomic mass is 9.98. The summed E-state index contributed by atoms with van der Waals surface area (Å²) in [6.07, 6.45) is 0.584. The number of carbonyl (C=O) groups is 1. The van der Waals surface area contributed by atoms with E-state index in [1.807, 2.05) is 36.4 Å². The number of fused-ring (bicyclic) bond motifs is 1. The predicted molar refractivity (Wildman–Crippen MR) is 78.9 cm³/mol. The monoisotopic (exact) mass is 273 g/mol. The van der Waals surface area contributed by atoms with Crippen LogP contribution < -0.4 is 10.1 Å². The molecule has 0 aliphatic heterocycles. The minimum atomic E-state index is -0.274. The van der Waals surface area contributed by atoms with Crippen molar-refractivity contribution in [1.29, 1.82) is 0 Å². The highest BCUT2D eigenvalue weighted by molar-refractivity contribution is 5.87. The second-order valence-electron chi connectivity index (χ2n) is 4.79. The number of amides is 1. The third-order valence-corrected chi connectivity index (χ3v) is 3.27. The van der Waals surface area contributed by atoms with Crippen LogP contribution in [0.3, 0.4) is 0 Å². The number of benzene rings is 2. The Balaban J connectivity index is 2.35. The fourth-order valence-electron chi connectivity index (χ4n) is 2.34. The number of rotatable bonds is 5. The van der Waals surface area contributed by atoms with E-state index in [4.69, 9.17) is 4.74 Å². The molecule has 0 spiro atoms. The molecule has 0 fully saturated rings. The van der Waals surface area contributed by atoms with Gasteiger partial charge in [0.05, 0.1) is 19.8 Å². The molecule has 20 heavy (non-hydrogen) atoms. The van der Waals surface area contributed by atoms with Crippen LogP contribution in [0.5, 0.6) is 5.75 Å². The van der Waals surface area contributed by atoms with Crippen molar-refractivity contribution in [2.45, 2.75) is 19.4 Å². The molecular weight excluding hydrogens is 254 g/mol. The lowest BCUT2D eigenvalue weighted by molar-refractivity contribution is -0.119. The van der Waals surface area contributed by atoms with Crippen LogP contribution in [0.2, 0.25) is 0 Å². The van der Waals surface area contributed by atoms with Gasteiger partial charge in [0, 0.05) is 6.92 Å². The molecule has 2 aromatic carbocycles. The molecule has 2 N–H and O–H groups in total. The molecule has 4 nitrogen and oxygen atoms in total. The number of ether oxygens (including phenoxy) is 1. The smallest absolute Gasteiger partial charge is 0.217 e. The van der Waals surface area contributed by atoms with Crippen molar-refractivity contribution in [3.8, 4) is 5.75 Å².